The minimum atomic E-state index is -1.00. The molecule has 6 heteroatoms. The van der Waals surface area contributed by atoms with Gasteiger partial charge in [0, 0.05) is 6.54 Å². The van der Waals surface area contributed by atoms with Crippen LogP contribution in [0.4, 0.5) is 0 Å². The van der Waals surface area contributed by atoms with Gasteiger partial charge in [-0.3, -0.25) is 4.79 Å². The third-order valence-electron chi connectivity index (χ3n) is 3.64. The van der Waals surface area contributed by atoms with Crippen molar-refractivity contribution in [3.05, 3.63) is 0 Å². The van der Waals surface area contributed by atoms with Gasteiger partial charge < -0.3 is 19.9 Å². The van der Waals surface area contributed by atoms with Crippen molar-refractivity contribution in [2.75, 3.05) is 13.2 Å². The fourth-order valence-electron chi connectivity index (χ4n) is 2.58. The van der Waals surface area contributed by atoms with Gasteiger partial charge >= 0.3 is 5.97 Å². The van der Waals surface area contributed by atoms with Gasteiger partial charge in [-0.2, -0.15) is 0 Å². The van der Waals surface area contributed by atoms with Crippen LogP contribution in [0, 0.1) is 0 Å². The monoisotopic (exact) mass is 271 g/mol. The van der Waals surface area contributed by atoms with Crippen molar-refractivity contribution in [2.45, 2.75) is 56.8 Å². The molecule has 0 aromatic carbocycles. The fraction of sp³-hybridized carbons (Fsp3) is 0.846. The second-order valence-corrected chi connectivity index (χ2v) is 5.10. The molecule has 108 valence electrons. The van der Waals surface area contributed by atoms with Crippen LogP contribution in [0.2, 0.25) is 0 Å². The summed E-state index contributed by atoms with van der Waals surface area (Å²) in [6.45, 7) is 0.957. The van der Waals surface area contributed by atoms with E-state index in [0.29, 0.717) is 32.1 Å². The summed E-state index contributed by atoms with van der Waals surface area (Å²) in [5.41, 5.74) is 0. The first-order chi connectivity index (χ1) is 9.16. The number of hydrogen-bond acceptors (Lipinski definition) is 4. The molecule has 2 fully saturated rings. The van der Waals surface area contributed by atoms with Crippen LogP contribution < -0.4 is 5.32 Å². The van der Waals surface area contributed by atoms with Crippen LogP contribution in [-0.4, -0.2) is 48.4 Å². The zero-order chi connectivity index (χ0) is 13.7. The molecular formula is C13H21NO5. The number of amides is 1. The van der Waals surface area contributed by atoms with E-state index in [4.69, 9.17) is 14.6 Å². The quantitative estimate of drug-likeness (QED) is 0.694. The number of aliphatic carboxylic acids is 1. The Balaban J connectivity index is 1.58. The maximum absolute atomic E-state index is 11.7. The van der Waals surface area contributed by atoms with Crippen LogP contribution in [-0.2, 0) is 19.1 Å². The van der Waals surface area contributed by atoms with E-state index in [1.807, 2.05) is 0 Å². The molecular weight excluding hydrogens is 250 g/mol. The standard InChI is InChI=1S/C13H21NO5/c15-12(10-5-6-11(19-10)13(16)17)14-7-8-18-9-3-1-2-4-9/h9-11H,1-8H2,(H,14,15)(H,16,17). The zero-order valence-corrected chi connectivity index (χ0v) is 11.0. The van der Waals surface area contributed by atoms with Crippen LogP contribution in [0.25, 0.3) is 0 Å². The van der Waals surface area contributed by atoms with Crippen LogP contribution >= 0.6 is 0 Å². The van der Waals surface area contributed by atoms with Crippen molar-refractivity contribution >= 4 is 11.9 Å². The molecule has 1 saturated carbocycles. The van der Waals surface area contributed by atoms with Crippen molar-refractivity contribution in [1.29, 1.82) is 0 Å². The first-order valence-corrected chi connectivity index (χ1v) is 6.94. The molecule has 2 rings (SSSR count). The lowest BCUT2D eigenvalue weighted by Crippen LogP contribution is -2.37. The second-order valence-electron chi connectivity index (χ2n) is 5.10. The second kappa shape index (κ2) is 6.86. The number of carboxylic acid groups (broad SMARTS) is 1. The van der Waals surface area contributed by atoms with E-state index >= 15 is 0 Å². The van der Waals surface area contributed by atoms with Gasteiger partial charge in [0.2, 0.25) is 5.91 Å². The zero-order valence-electron chi connectivity index (χ0n) is 11.0. The highest BCUT2D eigenvalue weighted by Gasteiger charge is 2.34. The number of nitrogens with one attached hydrogen (secondary N) is 1. The molecule has 0 aromatic rings. The largest absolute Gasteiger partial charge is 0.479 e. The Kier molecular flexibility index (Phi) is 5.15. The number of carboxylic acids is 1. The molecule has 6 nitrogen and oxygen atoms in total. The molecule has 1 aliphatic carbocycles. The maximum atomic E-state index is 11.7. The summed E-state index contributed by atoms with van der Waals surface area (Å²) in [7, 11) is 0. The maximum Gasteiger partial charge on any atom is 0.332 e. The normalized spacial score (nSPS) is 27.6. The van der Waals surface area contributed by atoms with Crippen LogP contribution in [0.5, 0.6) is 0 Å². The predicted molar refractivity (Wildman–Crippen MR) is 66.7 cm³/mol. The van der Waals surface area contributed by atoms with Crippen molar-refractivity contribution in [2.24, 2.45) is 0 Å². The Bertz CT molecular complexity index is 327. The number of carbonyl (C=O) groups is 2. The third kappa shape index (κ3) is 4.18. The highest BCUT2D eigenvalue weighted by molar-refractivity contribution is 5.82. The van der Waals surface area contributed by atoms with Gasteiger partial charge in [0.05, 0.1) is 12.7 Å². The van der Waals surface area contributed by atoms with E-state index in [9.17, 15) is 9.59 Å². The van der Waals surface area contributed by atoms with E-state index in [-0.39, 0.29) is 5.91 Å². The van der Waals surface area contributed by atoms with Gasteiger partial charge in [0.1, 0.15) is 6.10 Å². The summed E-state index contributed by atoms with van der Waals surface area (Å²) < 4.78 is 10.8. The molecule has 1 saturated heterocycles. The first kappa shape index (κ1) is 14.3. The van der Waals surface area contributed by atoms with Gasteiger partial charge in [-0.15, -0.1) is 0 Å². The van der Waals surface area contributed by atoms with Gasteiger partial charge in [-0.25, -0.2) is 4.79 Å². The Morgan fingerprint density at radius 1 is 1.16 bits per heavy atom. The molecule has 2 aliphatic rings. The number of hydrogen-bond donors (Lipinski definition) is 2. The summed E-state index contributed by atoms with van der Waals surface area (Å²) in [5, 5.41) is 11.5. The Morgan fingerprint density at radius 2 is 1.84 bits per heavy atom. The van der Waals surface area contributed by atoms with E-state index in [2.05, 4.69) is 5.32 Å². The number of carbonyl (C=O) groups excluding carboxylic acids is 1. The summed E-state index contributed by atoms with van der Waals surface area (Å²) in [5.74, 6) is -1.24. The summed E-state index contributed by atoms with van der Waals surface area (Å²) in [4.78, 5) is 22.4. The highest BCUT2D eigenvalue weighted by atomic mass is 16.5. The van der Waals surface area contributed by atoms with Gasteiger partial charge in [0.15, 0.2) is 6.10 Å². The fourth-order valence-corrected chi connectivity index (χ4v) is 2.58. The molecule has 0 aromatic heterocycles. The van der Waals surface area contributed by atoms with Crippen LogP contribution in [0.15, 0.2) is 0 Å². The lowest BCUT2D eigenvalue weighted by atomic mass is 10.2. The number of rotatable bonds is 6. The lowest BCUT2D eigenvalue weighted by molar-refractivity contribution is -0.151. The summed E-state index contributed by atoms with van der Waals surface area (Å²) in [6.07, 6.45) is 4.40. The molecule has 0 radical (unpaired) electrons. The Labute approximate surface area is 112 Å². The first-order valence-electron chi connectivity index (χ1n) is 6.94. The minimum Gasteiger partial charge on any atom is -0.479 e. The molecule has 19 heavy (non-hydrogen) atoms. The van der Waals surface area contributed by atoms with E-state index < -0.39 is 18.2 Å². The van der Waals surface area contributed by atoms with Gasteiger partial charge in [-0.1, -0.05) is 12.8 Å². The average Bonchev–Trinajstić information content (AvgIpc) is 3.05. The molecule has 1 aliphatic heterocycles. The topological polar surface area (TPSA) is 84.9 Å². The SMILES string of the molecule is O=C(O)C1CCC(C(=O)NCCOC2CCCC2)O1. The highest BCUT2D eigenvalue weighted by Crippen LogP contribution is 2.21. The molecule has 1 amide bonds. The molecule has 2 unspecified atom stereocenters. The lowest BCUT2D eigenvalue weighted by Gasteiger charge is -2.14. The van der Waals surface area contributed by atoms with Crippen LogP contribution in [0.1, 0.15) is 38.5 Å². The van der Waals surface area contributed by atoms with E-state index in [1.54, 1.807) is 0 Å². The predicted octanol–water partition coefficient (Wildman–Crippen LogP) is 0.694. The average molecular weight is 271 g/mol. The summed E-state index contributed by atoms with van der Waals surface area (Å²) in [6, 6.07) is 0. The molecule has 0 bridgehead atoms. The smallest absolute Gasteiger partial charge is 0.332 e. The summed E-state index contributed by atoms with van der Waals surface area (Å²) >= 11 is 0. The Hall–Kier alpha value is -1.14. The van der Waals surface area contributed by atoms with Crippen molar-refractivity contribution in [3.63, 3.8) is 0 Å². The molecule has 0 spiro atoms. The van der Waals surface area contributed by atoms with Gasteiger partial charge in [0.25, 0.3) is 0 Å². The molecule has 2 N–H and O–H groups in total. The van der Waals surface area contributed by atoms with Crippen molar-refractivity contribution in [3.8, 4) is 0 Å². The van der Waals surface area contributed by atoms with Crippen LogP contribution in [0.3, 0.4) is 0 Å². The van der Waals surface area contributed by atoms with Crippen molar-refractivity contribution < 1.29 is 24.2 Å². The third-order valence-corrected chi connectivity index (χ3v) is 3.64. The Morgan fingerprint density at radius 3 is 2.47 bits per heavy atom. The minimum absolute atomic E-state index is 0.237. The van der Waals surface area contributed by atoms with Crippen molar-refractivity contribution in [1.82, 2.24) is 5.32 Å². The van der Waals surface area contributed by atoms with E-state index in [0.717, 1.165) is 12.8 Å². The molecule has 1 heterocycles. The number of ether oxygens (including phenoxy) is 2. The van der Waals surface area contributed by atoms with Gasteiger partial charge in [-0.05, 0) is 25.7 Å². The molecule has 2 atom stereocenters. The van der Waals surface area contributed by atoms with E-state index in [1.165, 1.54) is 12.8 Å².